The molecule has 1 atom stereocenters. The highest BCUT2D eigenvalue weighted by Crippen LogP contribution is 2.10. The molecule has 0 saturated heterocycles. The van der Waals surface area contributed by atoms with Gasteiger partial charge in [-0.25, -0.2) is 0 Å². The van der Waals surface area contributed by atoms with Crippen LogP contribution >= 0.6 is 11.3 Å². The van der Waals surface area contributed by atoms with Crippen molar-refractivity contribution in [3.05, 3.63) is 22.4 Å². The predicted molar refractivity (Wildman–Crippen MR) is 61.9 cm³/mol. The van der Waals surface area contributed by atoms with E-state index in [1.807, 2.05) is 12.3 Å². The summed E-state index contributed by atoms with van der Waals surface area (Å²) >= 11 is 1.67. The van der Waals surface area contributed by atoms with E-state index in [9.17, 15) is 4.79 Å². The molecule has 0 aromatic carbocycles. The molecule has 1 heterocycles. The van der Waals surface area contributed by atoms with Gasteiger partial charge in [-0.05, 0) is 42.2 Å². The quantitative estimate of drug-likeness (QED) is 0.756. The summed E-state index contributed by atoms with van der Waals surface area (Å²) in [5, 5.41) is 4.12. The number of hydrogen-bond acceptors (Lipinski definition) is 4. The molecule has 1 aromatic heterocycles. The van der Waals surface area contributed by atoms with Gasteiger partial charge >= 0.3 is 5.97 Å². The lowest BCUT2D eigenvalue weighted by atomic mass is 10.1. The Balaban J connectivity index is 2.19. The van der Waals surface area contributed by atoms with Gasteiger partial charge in [0.25, 0.3) is 0 Å². The molecule has 3 nitrogen and oxygen atoms in total. The second kappa shape index (κ2) is 6.58. The van der Waals surface area contributed by atoms with Crippen LogP contribution in [0.2, 0.25) is 0 Å². The highest BCUT2D eigenvalue weighted by atomic mass is 32.1. The van der Waals surface area contributed by atoms with E-state index >= 15 is 0 Å². The third-order valence-electron chi connectivity index (χ3n) is 2.10. The lowest BCUT2D eigenvalue weighted by molar-refractivity contribution is -0.143. The summed E-state index contributed by atoms with van der Waals surface area (Å²) in [6.07, 6.45) is 1.94. The van der Waals surface area contributed by atoms with E-state index < -0.39 is 0 Å². The Kier molecular flexibility index (Phi) is 5.36. The van der Waals surface area contributed by atoms with E-state index in [1.54, 1.807) is 11.3 Å². The van der Waals surface area contributed by atoms with E-state index in [0.29, 0.717) is 19.4 Å². The molecule has 1 rings (SSSR count). The van der Waals surface area contributed by atoms with Crippen molar-refractivity contribution in [3.8, 4) is 0 Å². The summed E-state index contributed by atoms with van der Waals surface area (Å²) in [5.41, 5.74) is 7.15. The number of nitrogens with two attached hydrogens (primary N) is 1. The van der Waals surface area contributed by atoms with Crippen LogP contribution in [0.25, 0.3) is 0 Å². The molecule has 4 heteroatoms. The zero-order valence-corrected chi connectivity index (χ0v) is 9.76. The Morgan fingerprint density at radius 1 is 1.67 bits per heavy atom. The minimum absolute atomic E-state index is 0.0454. The van der Waals surface area contributed by atoms with Crippen LogP contribution < -0.4 is 5.73 Å². The molecule has 0 amide bonds. The van der Waals surface area contributed by atoms with Crippen molar-refractivity contribution >= 4 is 17.3 Å². The van der Waals surface area contributed by atoms with Gasteiger partial charge in [0.2, 0.25) is 0 Å². The first-order valence-corrected chi connectivity index (χ1v) is 6.09. The maximum absolute atomic E-state index is 11.1. The minimum Gasteiger partial charge on any atom is -0.466 e. The van der Waals surface area contributed by atoms with Crippen molar-refractivity contribution in [1.82, 2.24) is 0 Å². The Morgan fingerprint density at radius 2 is 2.47 bits per heavy atom. The van der Waals surface area contributed by atoms with Crippen molar-refractivity contribution in [2.75, 3.05) is 6.61 Å². The van der Waals surface area contributed by atoms with E-state index in [0.717, 1.165) is 6.42 Å². The van der Waals surface area contributed by atoms with Gasteiger partial charge in [-0.3, -0.25) is 4.79 Å². The second-order valence-electron chi connectivity index (χ2n) is 3.44. The Hall–Kier alpha value is -0.870. The van der Waals surface area contributed by atoms with Gasteiger partial charge in [-0.1, -0.05) is 0 Å². The minimum atomic E-state index is -0.154. The molecular weight excluding hydrogens is 210 g/mol. The van der Waals surface area contributed by atoms with Crippen molar-refractivity contribution < 1.29 is 9.53 Å². The second-order valence-corrected chi connectivity index (χ2v) is 4.22. The monoisotopic (exact) mass is 227 g/mol. The number of carbonyl (C=O) groups excluding carboxylic acids is 1. The van der Waals surface area contributed by atoms with Gasteiger partial charge in [0.1, 0.15) is 0 Å². The first kappa shape index (κ1) is 12.2. The van der Waals surface area contributed by atoms with E-state index in [-0.39, 0.29) is 12.0 Å². The van der Waals surface area contributed by atoms with Crippen LogP contribution in [0.5, 0.6) is 0 Å². The van der Waals surface area contributed by atoms with Crippen LogP contribution in [0.4, 0.5) is 0 Å². The molecule has 0 aliphatic rings. The average molecular weight is 227 g/mol. The summed E-state index contributed by atoms with van der Waals surface area (Å²) in [7, 11) is 0. The summed E-state index contributed by atoms with van der Waals surface area (Å²) in [5.74, 6) is -0.154. The number of rotatable bonds is 6. The number of carbonyl (C=O) groups is 1. The summed E-state index contributed by atoms with van der Waals surface area (Å²) in [6, 6.07) is 2.11. The van der Waals surface area contributed by atoms with Crippen LogP contribution in [0.15, 0.2) is 16.8 Å². The zero-order valence-electron chi connectivity index (χ0n) is 8.94. The molecule has 0 saturated carbocycles. The van der Waals surface area contributed by atoms with Crippen LogP contribution in [0.1, 0.15) is 25.3 Å². The number of thiophene rings is 1. The zero-order chi connectivity index (χ0) is 11.1. The van der Waals surface area contributed by atoms with Crippen LogP contribution in [0, 0.1) is 0 Å². The Morgan fingerprint density at radius 3 is 3.07 bits per heavy atom. The largest absolute Gasteiger partial charge is 0.466 e. The van der Waals surface area contributed by atoms with Crippen molar-refractivity contribution in [2.45, 2.75) is 32.2 Å². The van der Waals surface area contributed by atoms with Gasteiger partial charge in [-0.15, -0.1) is 0 Å². The van der Waals surface area contributed by atoms with Crippen LogP contribution in [-0.4, -0.2) is 18.6 Å². The molecule has 0 bridgehead atoms. The average Bonchev–Trinajstić information content (AvgIpc) is 2.68. The van der Waals surface area contributed by atoms with Crippen molar-refractivity contribution in [1.29, 1.82) is 0 Å². The van der Waals surface area contributed by atoms with Gasteiger partial charge in [0, 0.05) is 12.5 Å². The SMILES string of the molecule is CCOC(=O)CCC(N)Cc1ccsc1. The van der Waals surface area contributed by atoms with E-state index in [1.165, 1.54) is 5.56 Å². The molecule has 1 aromatic rings. The third-order valence-corrected chi connectivity index (χ3v) is 2.83. The number of esters is 1. The summed E-state index contributed by atoms with van der Waals surface area (Å²) < 4.78 is 4.84. The van der Waals surface area contributed by atoms with Crippen LogP contribution in [-0.2, 0) is 16.0 Å². The highest BCUT2D eigenvalue weighted by molar-refractivity contribution is 7.07. The molecular formula is C11H17NO2S. The lowest BCUT2D eigenvalue weighted by Crippen LogP contribution is -2.24. The highest BCUT2D eigenvalue weighted by Gasteiger charge is 2.08. The van der Waals surface area contributed by atoms with Gasteiger partial charge in [0.15, 0.2) is 0 Å². The maximum Gasteiger partial charge on any atom is 0.305 e. The topological polar surface area (TPSA) is 52.3 Å². The number of ether oxygens (including phenoxy) is 1. The molecule has 0 radical (unpaired) electrons. The van der Waals surface area contributed by atoms with E-state index in [2.05, 4.69) is 11.4 Å². The maximum atomic E-state index is 11.1. The Labute approximate surface area is 94.2 Å². The molecule has 84 valence electrons. The Bertz CT molecular complexity index is 285. The van der Waals surface area contributed by atoms with Gasteiger partial charge < -0.3 is 10.5 Å². The lowest BCUT2D eigenvalue weighted by Gasteiger charge is -2.09. The molecule has 15 heavy (non-hydrogen) atoms. The third kappa shape index (κ3) is 4.95. The van der Waals surface area contributed by atoms with Crippen LogP contribution in [0.3, 0.4) is 0 Å². The molecule has 0 aliphatic heterocycles. The fraction of sp³-hybridized carbons (Fsp3) is 0.545. The number of hydrogen-bond donors (Lipinski definition) is 1. The first-order chi connectivity index (χ1) is 7.22. The molecule has 0 fully saturated rings. The smallest absolute Gasteiger partial charge is 0.305 e. The predicted octanol–water partition coefficient (Wildman–Crippen LogP) is 1.96. The van der Waals surface area contributed by atoms with E-state index in [4.69, 9.17) is 10.5 Å². The van der Waals surface area contributed by atoms with Gasteiger partial charge in [-0.2, -0.15) is 11.3 Å². The fourth-order valence-corrected chi connectivity index (χ4v) is 2.03. The molecule has 2 N–H and O–H groups in total. The first-order valence-electron chi connectivity index (χ1n) is 5.14. The fourth-order valence-electron chi connectivity index (χ4n) is 1.35. The van der Waals surface area contributed by atoms with Crippen molar-refractivity contribution in [2.24, 2.45) is 5.73 Å². The molecule has 1 unspecified atom stereocenters. The summed E-state index contributed by atoms with van der Waals surface area (Å²) in [4.78, 5) is 11.1. The normalized spacial score (nSPS) is 12.4. The summed E-state index contributed by atoms with van der Waals surface area (Å²) in [6.45, 7) is 2.25. The molecule has 0 spiro atoms. The standard InChI is InChI=1S/C11H17NO2S/c1-2-14-11(13)4-3-10(12)7-9-5-6-15-8-9/h5-6,8,10H,2-4,7,12H2,1H3. The molecule has 0 aliphatic carbocycles. The van der Waals surface area contributed by atoms with Gasteiger partial charge in [0.05, 0.1) is 6.61 Å². The van der Waals surface area contributed by atoms with Crippen molar-refractivity contribution in [3.63, 3.8) is 0 Å².